The first kappa shape index (κ1) is 19.3. The predicted octanol–water partition coefficient (Wildman–Crippen LogP) is 3.46. The van der Waals surface area contributed by atoms with Gasteiger partial charge in [-0.3, -0.25) is 14.3 Å². The fourth-order valence-corrected chi connectivity index (χ4v) is 2.77. The number of amides is 1. The number of aromatic nitrogens is 2. The predicted molar refractivity (Wildman–Crippen MR) is 97.0 cm³/mol. The highest BCUT2D eigenvalue weighted by Crippen LogP contribution is 2.22. The maximum absolute atomic E-state index is 12.3. The van der Waals surface area contributed by atoms with Crippen molar-refractivity contribution in [3.05, 3.63) is 45.2 Å². The molecule has 1 heterocycles. The van der Waals surface area contributed by atoms with Gasteiger partial charge in [0, 0.05) is 17.1 Å². The zero-order valence-corrected chi connectivity index (χ0v) is 15.9. The summed E-state index contributed by atoms with van der Waals surface area (Å²) in [5.41, 5.74) is 2.72. The van der Waals surface area contributed by atoms with Crippen LogP contribution < -0.4 is 5.32 Å². The molecule has 0 aliphatic heterocycles. The Morgan fingerprint density at radius 2 is 2.00 bits per heavy atom. The van der Waals surface area contributed by atoms with Gasteiger partial charge in [0.25, 0.3) is 5.91 Å². The van der Waals surface area contributed by atoms with Gasteiger partial charge >= 0.3 is 5.97 Å². The minimum absolute atomic E-state index is 0.0431. The molecule has 1 N–H and O–H groups in total. The van der Waals surface area contributed by atoms with Crippen molar-refractivity contribution in [3.8, 4) is 0 Å². The molecule has 1 amide bonds. The van der Waals surface area contributed by atoms with Crippen LogP contribution in [0.4, 0.5) is 5.69 Å². The van der Waals surface area contributed by atoms with E-state index in [4.69, 9.17) is 27.9 Å². The van der Waals surface area contributed by atoms with Crippen molar-refractivity contribution in [2.45, 2.75) is 33.3 Å². The van der Waals surface area contributed by atoms with E-state index in [1.54, 1.807) is 36.9 Å². The Balaban J connectivity index is 1.97. The van der Waals surface area contributed by atoms with Crippen molar-refractivity contribution in [3.63, 3.8) is 0 Å². The summed E-state index contributed by atoms with van der Waals surface area (Å²) in [4.78, 5) is 24.3. The average Bonchev–Trinajstić information content (AvgIpc) is 2.76. The van der Waals surface area contributed by atoms with E-state index in [0.717, 1.165) is 5.69 Å². The number of carbonyl (C=O) groups is 2. The molecule has 0 bridgehead atoms. The van der Waals surface area contributed by atoms with Crippen LogP contribution in [-0.4, -0.2) is 27.8 Å². The van der Waals surface area contributed by atoms with E-state index in [1.807, 2.05) is 6.92 Å². The minimum atomic E-state index is -0.947. The molecular formula is C17H19Cl2N3O3. The molecule has 1 aromatic carbocycles. The molecule has 1 aromatic heterocycles. The number of aryl methyl sites for hydroxylation is 2. The Hall–Kier alpha value is -2.05. The first-order chi connectivity index (χ1) is 11.7. The number of rotatable bonds is 5. The van der Waals surface area contributed by atoms with Gasteiger partial charge in [0.1, 0.15) is 0 Å². The van der Waals surface area contributed by atoms with Crippen LogP contribution in [0.5, 0.6) is 0 Å². The van der Waals surface area contributed by atoms with Crippen molar-refractivity contribution in [1.82, 2.24) is 9.78 Å². The molecule has 8 heteroatoms. The third kappa shape index (κ3) is 4.74. The number of esters is 1. The van der Waals surface area contributed by atoms with Gasteiger partial charge in [-0.1, -0.05) is 29.3 Å². The summed E-state index contributed by atoms with van der Waals surface area (Å²) in [5.74, 6) is -0.971. The van der Waals surface area contributed by atoms with Crippen LogP contribution in [0.1, 0.15) is 23.9 Å². The van der Waals surface area contributed by atoms with E-state index >= 15 is 0 Å². The zero-order valence-electron chi connectivity index (χ0n) is 14.4. The number of nitrogens with zero attached hydrogens (tertiary/aromatic N) is 2. The first-order valence-corrected chi connectivity index (χ1v) is 8.39. The molecular weight excluding hydrogens is 365 g/mol. The second-order valence-electron chi connectivity index (χ2n) is 5.70. The molecule has 6 nitrogen and oxygen atoms in total. The quantitative estimate of drug-likeness (QED) is 0.802. The molecule has 0 saturated carbocycles. The van der Waals surface area contributed by atoms with E-state index in [1.165, 1.54) is 6.92 Å². The van der Waals surface area contributed by atoms with Crippen molar-refractivity contribution in [2.24, 2.45) is 7.05 Å². The van der Waals surface area contributed by atoms with Crippen LogP contribution in [-0.2, 0) is 27.8 Å². The molecule has 134 valence electrons. The van der Waals surface area contributed by atoms with Crippen molar-refractivity contribution < 1.29 is 14.3 Å². The fourth-order valence-electron chi connectivity index (χ4n) is 2.29. The molecule has 0 saturated heterocycles. The van der Waals surface area contributed by atoms with Crippen molar-refractivity contribution in [2.75, 3.05) is 5.32 Å². The van der Waals surface area contributed by atoms with Crippen molar-refractivity contribution in [1.29, 1.82) is 0 Å². The summed E-state index contributed by atoms with van der Waals surface area (Å²) in [6.45, 7) is 5.15. The Morgan fingerprint density at radius 3 is 2.56 bits per heavy atom. The van der Waals surface area contributed by atoms with Gasteiger partial charge in [0.05, 0.1) is 23.5 Å². The largest absolute Gasteiger partial charge is 0.452 e. The topological polar surface area (TPSA) is 73.2 Å². The minimum Gasteiger partial charge on any atom is -0.452 e. The Labute approximate surface area is 156 Å². The van der Waals surface area contributed by atoms with Gasteiger partial charge in [-0.05, 0) is 38.5 Å². The number of nitrogens with one attached hydrogen (secondary N) is 1. The van der Waals surface area contributed by atoms with E-state index in [2.05, 4.69) is 10.4 Å². The van der Waals surface area contributed by atoms with E-state index in [9.17, 15) is 9.59 Å². The van der Waals surface area contributed by atoms with Crippen LogP contribution in [0.15, 0.2) is 18.2 Å². The molecule has 1 atom stereocenters. The molecule has 2 aromatic rings. The normalized spacial score (nSPS) is 11.9. The van der Waals surface area contributed by atoms with E-state index in [0.29, 0.717) is 27.0 Å². The lowest BCUT2D eigenvalue weighted by Crippen LogP contribution is -2.30. The average molecular weight is 384 g/mol. The lowest BCUT2D eigenvalue weighted by molar-refractivity contribution is -0.152. The lowest BCUT2D eigenvalue weighted by Gasteiger charge is -2.14. The molecule has 0 spiro atoms. The number of ether oxygens (including phenoxy) is 1. The summed E-state index contributed by atoms with van der Waals surface area (Å²) in [7, 11) is 1.79. The summed E-state index contributed by atoms with van der Waals surface area (Å²) in [6.07, 6.45) is -0.990. The van der Waals surface area contributed by atoms with Crippen molar-refractivity contribution >= 4 is 40.8 Å². The van der Waals surface area contributed by atoms with E-state index in [-0.39, 0.29) is 6.42 Å². The number of anilines is 1. The molecule has 0 radical (unpaired) electrons. The number of carbonyl (C=O) groups excluding carboxylic acids is 2. The maximum atomic E-state index is 12.3. The maximum Gasteiger partial charge on any atom is 0.311 e. The monoisotopic (exact) mass is 383 g/mol. The van der Waals surface area contributed by atoms with Gasteiger partial charge in [-0.15, -0.1) is 0 Å². The fraction of sp³-hybridized carbons (Fsp3) is 0.353. The van der Waals surface area contributed by atoms with Crippen LogP contribution in [0, 0.1) is 13.8 Å². The van der Waals surface area contributed by atoms with Crippen LogP contribution in [0.3, 0.4) is 0 Å². The first-order valence-electron chi connectivity index (χ1n) is 7.63. The highest BCUT2D eigenvalue weighted by atomic mass is 35.5. The number of hydrogen-bond donors (Lipinski definition) is 1. The van der Waals surface area contributed by atoms with Gasteiger partial charge in [-0.25, -0.2) is 0 Å². The van der Waals surface area contributed by atoms with Gasteiger partial charge in [0.15, 0.2) is 6.10 Å². The Bertz CT molecular complexity index is 818. The second-order valence-corrected chi connectivity index (χ2v) is 6.55. The lowest BCUT2D eigenvalue weighted by atomic mass is 10.1. The highest BCUT2D eigenvalue weighted by molar-refractivity contribution is 6.35. The molecule has 2 rings (SSSR count). The number of benzene rings is 1. The third-order valence-corrected chi connectivity index (χ3v) is 4.37. The molecule has 25 heavy (non-hydrogen) atoms. The van der Waals surface area contributed by atoms with Crippen LogP contribution in [0.25, 0.3) is 0 Å². The Kier molecular flexibility index (Phi) is 6.08. The van der Waals surface area contributed by atoms with Gasteiger partial charge < -0.3 is 10.1 Å². The molecule has 0 aliphatic carbocycles. The standard InChI is InChI=1S/C17H19Cl2N3O3/c1-9-16(10(2)22(4)21-9)20-17(24)11(3)25-15(23)7-12-5-6-13(18)8-14(12)19/h5-6,8,11H,7H2,1-4H3,(H,20,24)/t11-/m0/s1. The van der Waals surface area contributed by atoms with E-state index < -0.39 is 18.0 Å². The number of halogens is 2. The second kappa shape index (κ2) is 7.89. The highest BCUT2D eigenvalue weighted by Gasteiger charge is 2.21. The smallest absolute Gasteiger partial charge is 0.311 e. The third-order valence-electron chi connectivity index (χ3n) is 3.78. The summed E-state index contributed by atoms with van der Waals surface area (Å²) in [6, 6.07) is 4.84. The summed E-state index contributed by atoms with van der Waals surface area (Å²) < 4.78 is 6.86. The molecule has 0 aliphatic rings. The van der Waals surface area contributed by atoms with Crippen LogP contribution >= 0.6 is 23.2 Å². The molecule has 0 fully saturated rings. The molecule has 0 unspecified atom stereocenters. The number of hydrogen-bond acceptors (Lipinski definition) is 4. The summed E-state index contributed by atoms with van der Waals surface area (Å²) in [5, 5.41) is 7.83. The van der Waals surface area contributed by atoms with Gasteiger partial charge in [-0.2, -0.15) is 5.10 Å². The zero-order chi connectivity index (χ0) is 18.7. The Morgan fingerprint density at radius 1 is 1.32 bits per heavy atom. The van der Waals surface area contributed by atoms with Crippen LogP contribution in [0.2, 0.25) is 10.0 Å². The summed E-state index contributed by atoms with van der Waals surface area (Å²) >= 11 is 11.9. The van der Waals surface area contributed by atoms with Gasteiger partial charge in [0.2, 0.25) is 0 Å². The SMILES string of the molecule is Cc1nn(C)c(C)c1NC(=O)[C@H](C)OC(=O)Cc1ccc(Cl)cc1Cl.